The van der Waals surface area contributed by atoms with Crippen molar-refractivity contribution in [3.05, 3.63) is 23.5 Å². The van der Waals surface area contributed by atoms with Gasteiger partial charge in [-0.2, -0.15) is 13.2 Å². The molecule has 0 atom stereocenters. The van der Waals surface area contributed by atoms with E-state index in [-0.39, 0.29) is 11.9 Å². The molecule has 11 heteroatoms. The van der Waals surface area contributed by atoms with Crippen molar-refractivity contribution in [2.45, 2.75) is 57.7 Å². The summed E-state index contributed by atoms with van der Waals surface area (Å²) in [5, 5.41) is 7.56. The number of alkyl halides is 3. The number of aryl methyl sites for hydroxylation is 1. The lowest BCUT2D eigenvalue weighted by Crippen LogP contribution is -2.47. The minimum absolute atomic E-state index is 0.169. The molecule has 7 nitrogen and oxygen atoms in total. The summed E-state index contributed by atoms with van der Waals surface area (Å²) in [6.07, 6.45) is -1.86. The second-order valence-electron chi connectivity index (χ2n) is 9.60. The topological polar surface area (TPSA) is 78.7 Å². The number of carbonyl (C=O) groups excluding carboxylic acids is 2. The maximum Gasteiger partial charge on any atom is 0.450 e. The number of rotatable bonds is 7. The number of Topliss-reactive ketones (excluding diaryl/α,β-unsaturated/α-hetero) is 1. The van der Waals surface area contributed by atoms with E-state index in [4.69, 9.17) is 4.52 Å². The number of nitrogens with zero attached hydrogens (tertiary/aromatic N) is 3. The highest BCUT2D eigenvalue weighted by Crippen LogP contribution is 2.30. The smallest absolute Gasteiger partial charge is 0.354 e. The van der Waals surface area contributed by atoms with Gasteiger partial charge in [-0.15, -0.1) is 0 Å². The Morgan fingerprint density at radius 2 is 1.80 bits per heavy atom. The van der Waals surface area contributed by atoms with Crippen molar-refractivity contribution < 1.29 is 31.7 Å². The van der Waals surface area contributed by atoms with E-state index < -0.39 is 24.3 Å². The van der Waals surface area contributed by atoms with Gasteiger partial charge in [-0.25, -0.2) is 4.39 Å². The van der Waals surface area contributed by atoms with Crippen LogP contribution < -0.4 is 10.2 Å². The van der Waals surface area contributed by atoms with Gasteiger partial charge >= 0.3 is 6.18 Å². The third-order valence-corrected chi connectivity index (χ3v) is 7.11. The molecule has 192 valence electrons. The Morgan fingerprint density at radius 1 is 1.11 bits per heavy atom. The molecule has 0 bridgehead atoms. The Morgan fingerprint density at radius 3 is 2.46 bits per heavy atom. The number of piperazine rings is 1. The molecule has 1 aliphatic heterocycles. The average molecular weight is 499 g/mol. The highest BCUT2D eigenvalue weighted by atomic mass is 19.4. The number of hydrogen-bond donors (Lipinski definition) is 1. The zero-order valence-electron chi connectivity index (χ0n) is 19.7. The first kappa shape index (κ1) is 25.4. The van der Waals surface area contributed by atoms with E-state index in [1.807, 2.05) is 0 Å². The molecule has 2 fully saturated rings. The van der Waals surface area contributed by atoms with Crippen molar-refractivity contribution in [2.75, 3.05) is 37.6 Å². The van der Waals surface area contributed by atoms with Crippen LogP contribution in [0, 0.1) is 18.7 Å². The van der Waals surface area contributed by atoms with Gasteiger partial charge in [0.1, 0.15) is 5.82 Å². The predicted octanol–water partition coefficient (Wildman–Crippen LogP) is 3.98. The predicted molar refractivity (Wildman–Crippen MR) is 122 cm³/mol. The number of ketones is 1. The fourth-order valence-electron chi connectivity index (χ4n) is 4.95. The number of aromatic nitrogens is 1. The van der Waals surface area contributed by atoms with E-state index in [0.29, 0.717) is 29.9 Å². The lowest BCUT2D eigenvalue weighted by atomic mass is 9.84. The summed E-state index contributed by atoms with van der Waals surface area (Å²) >= 11 is 0. The molecule has 1 aromatic heterocycles. The van der Waals surface area contributed by atoms with E-state index in [0.717, 1.165) is 63.2 Å². The van der Waals surface area contributed by atoms with Gasteiger partial charge in [-0.05, 0) is 63.1 Å². The van der Waals surface area contributed by atoms with Gasteiger partial charge < -0.3 is 14.7 Å². The first-order valence-corrected chi connectivity index (χ1v) is 12.0. The normalized spacial score (nSPS) is 21.9. The number of anilines is 1. The van der Waals surface area contributed by atoms with E-state index in [9.17, 15) is 27.2 Å². The van der Waals surface area contributed by atoms with Crippen molar-refractivity contribution >= 4 is 28.5 Å². The molecule has 2 aromatic rings. The summed E-state index contributed by atoms with van der Waals surface area (Å²) in [6.45, 7) is 6.04. The van der Waals surface area contributed by atoms with Crippen LogP contribution in [0.4, 0.5) is 23.4 Å². The van der Waals surface area contributed by atoms with E-state index >= 15 is 0 Å². The lowest BCUT2D eigenvalue weighted by Gasteiger charge is -2.36. The quantitative estimate of drug-likeness (QED) is 0.460. The number of carbonyl (C=O) groups is 2. The number of nitrogens with one attached hydrogen (secondary N) is 1. The zero-order valence-corrected chi connectivity index (χ0v) is 19.7. The monoisotopic (exact) mass is 498 g/mol. The molecule has 1 N–H and O–H groups in total. The van der Waals surface area contributed by atoms with Crippen molar-refractivity contribution in [2.24, 2.45) is 5.92 Å². The van der Waals surface area contributed by atoms with Gasteiger partial charge in [-0.1, -0.05) is 5.16 Å². The fourth-order valence-corrected chi connectivity index (χ4v) is 4.95. The molecular weight excluding hydrogens is 468 g/mol. The molecule has 35 heavy (non-hydrogen) atoms. The molecule has 2 aliphatic rings. The van der Waals surface area contributed by atoms with Crippen molar-refractivity contribution in [3.8, 4) is 0 Å². The summed E-state index contributed by atoms with van der Waals surface area (Å²) in [4.78, 5) is 27.3. The number of benzene rings is 1. The molecule has 1 saturated heterocycles. The molecule has 1 aromatic carbocycles. The average Bonchev–Trinajstić information content (AvgIpc) is 3.21. The van der Waals surface area contributed by atoms with Crippen LogP contribution in [-0.2, 0) is 9.59 Å². The molecule has 2 heterocycles. The van der Waals surface area contributed by atoms with E-state index in [1.54, 1.807) is 13.0 Å². The third kappa shape index (κ3) is 6.31. The minimum atomic E-state index is -4.97. The van der Waals surface area contributed by atoms with E-state index in [2.05, 4.69) is 20.3 Å². The first-order valence-electron chi connectivity index (χ1n) is 12.0. The van der Waals surface area contributed by atoms with Gasteiger partial charge in [0.2, 0.25) is 11.7 Å². The minimum Gasteiger partial charge on any atom is -0.354 e. The largest absolute Gasteiger partial charge is 0.450 e. The van der Waals surface area contributed by atoms with Crippen LogP contribution in [0.25, 0.3) is 11.0 Å². The number of fused-ring (bicyclic) bond motifs is 1. The molecule has 0 spiro atoms. The highest BCUT2D eigenvalue weighted by molar-refractivity contribution is 6.00. The summed E-state index contributed by atoms with van der Waals surface area (Å²) < 4.78 is 56.0. The Bertz CT molecular complexity index is 1050. The lowest BCUT2D eigenvalue weighted by molar-refractivity contribution is -0.172. The SMILES string of the molecule is Cc1cc2c(N3CCN(CCC4CCC(NC(=O)CC(=O)C(F)(F)F)CC4)CC3)noc2cc1F. The standard InChI is InChI=1S/C24H30F4N4O3/c1-15-12-18-20(13-19(15)25)35-30-23(18)32-10-8-31(9-11-32)7-6-16-2-4-17(5-3-16)29-22(34)14-21(33)24(26,27)28/h12-13,16-17H,2-11,14H2,1H3,(H,29,34). The molecule has 4 rings (SSSR count). The van der Waals surface area contributed by atoms with Gasteiger partial charge in [0.05, 0.1) is 11.8 Å². The molecule has 0 radical (unpaired) electrons. The Labute approximate surface area is 200 Å². The highest BCUT2D eigenvalue weighted by Gasteiger charge is 2.39. The van der Waals surface area contributed by atoms with Crippen LogP contribution in [-0.4, -0.2) is 66.7 Å². The number of halogens is 4. The van der Waals surface area contributed by atoms with Gasteiger partial charge in [-0.3, -0.25) is 14.5 Å². The van der Waals surface area contributed by atoms with Crippen LogP contribution in [0.2, 0.25) is 0 Å². The van der Waals surface area contributed by atoms with Crippen molar-refractivity contribution in [1.29, 1.82) is 0 Å². The summed E-state index contributed by atoms with van der Waals surface area (Å²) in [7, 11) is 0. The maximum atomic E-state index is 13.8. The van der Waals surface area contributed by atoms with Crippen LogP contribution in [0.15, 0.2) is 16.7 Å². The summed E-state index contributed by atoms with van der Waals surface area (Å²) in [5.74, 6) is -1.91. The van der Waals surface area contributed by atoms with Gasteiger partial charge in [0.25, 0.3) is 0 Å². The van der Waals surface area contributed by atoms with Crippen LogP contribution in [0.1, 0.15) is 44.1 Å². The third-order valence-electron chi connectivity index (χ3n) is 7.11. The fraction of sp³-hybridized carbons (Fsp3) is 0.625. The Kier molecular flexibility index (Phi) is 7.63. The molecular formula is C24H30F4N4O3. The second kappa shape index (κ2) is 10.5. The first-order chi connectivity index (χ1) is 16.6. The Balaban J connectivity index is 1.16. The zero-order chi connectivity index (χ0) is 25.2. The van der Waals surface area contributed by atoms with Crippen LogP contribution in [0.5, 0.6) is 0 Å². The number of hydrogen-bond acceptors (Lipinski definition) is 6. The van der Waals surface area contributed by atoms with Crippen molar-refractivity contribution in [3.63, 3.8) is 0 Å². The molecule has 0 unspecified atom stereocenters. The molecule has 1 saturated carbocycles. The van der Waals surface area contributed by atoms with E-state index in [1.165, 1.54) is 6.07 Å². The summed E-state index contributed by atoms with van der Waals surface area (Å²) in [6, 6.07) is 2.98. The summed E-state index contributed by atoms with van der Waals surface area (Å²) in [5.41, 5.74) is 1.01. The van der Waals surface area contributed by atoms with Crippen molar-refractivity contribution in [1.82, 2.24) is 15.4 Å². The Hall–Kier alpha value is -2.69. The van der Waals surface area contributed by atoms with Crippen LogP contribution >= 0.6 is 0 Å². The van der Waals surface area contributed by atoms with Gasteiger partial charge in [0.15, 0.2) is 11.4 Å². The number of amides is 1. The molecule has 1 aliphatic carbocycles. The maximum absolute atomic E-state index is 13.8. The molecule has 1 amide bonds. The second-order valence-corrected chi connectivity index (χ2v) is 9.60. The van der Waals surface area contributed by atoms with Crippen LogP contribution in [0.3, 0.4) is 0 Å². The van der Waals surface area contributed by atoms with Gasteiger partial charge in [0, 0.05) is 38.3 Å².